The molecule has 94 valence electrons. The minimum atomic E-state index is 0.826. The predicted octanol–water partition coefficient (Wildman–Crippen LogP) is 3.50. The van der Waals surface area contributed by atoms with Gasteiger partial charge in [-0.25, -0.2) is 0 Å². The van der Waals surface area contributed by atoms with Crippen molar-refractivity contribution in [2.45, 2.75) is 13.8 Å². The van der Waals surface area contributed by atoms with E-state index < -0.39 is 0 Å². The Morgan fingerprint density at radius 3 is 2.42 bits per heavy atom. The van der Waals surface area contributed by atoms with Crippen LogP contribution in [0.1, 0.15) is 11.1 Å². The van der Waals surface area contributed by atoms with Crippen molar-refractivity contribution in [3.63, 3.8) is 0 Å². The molecule has 0 unspecified atom stereocenters. The van der Waals surface area contributed by atoms with E-state index in [0.717, 1.165) is 27.7 Å². The molecule has 0 bridgehead atoms. The number of aromatic nitrogens is 2. The monoisotopic (exact) mass is 249 g/mol. The maximum atomic E-state index is 5.86. The second-order valence-electron chi connectivity index (χ2n) is 4.83. The Balaban J connectivity index is 2.20. The summed E-state index contributed by atoms with van der Waals surface area (Å²) in [5, 5.41) is 9.25. The Morgan fingerprint density at radius 2 is 1.63 bits per heavy atom. The third kappa shape index (κ3) is 2.03. The van der Waals surface area contributed by atoms with Gasteiger partial charge in [-0.15, -0.1) is 0 Å². The Hall–Kier alpha value is -2.42. The van der Waals surface area contributed by atoms with Gasteiger partial charge >= 0.3 is 0 Å². The summed E-state index contributed by atoms with van der Waals surface area (Å²) in [7, 11) is 0. The van der Waals surface area contributed by atoms with Crippen molar-refractivity contribution in [2.24, 2.45) is 0 Å². The van der Waals surface area contributed by atoms with Gasteiger partial charge in [-0.3, -0.25) is 0 Å². The second-order valence-corrected chi connectivity index (χ2v) is 4.83. The number of hydrogen-bond donors (Lipinski definition) is 1. The number of fused-ring (bicyclic) bond motifs is 1. The van der Waals surface area contributed by atoms with Crippen LogP contribution in [0, 0.1) is 13.8 Å². The molecule has 0 radical (unpaired) electrons. The number of nitrogens with two attached hydrogens (primary N) is 1. The van der Waals surface area contributed by atoms with Crippen molar-refractivity contribution in [1.29, 1.82) is 0 Å². The summed E-state index contributed by atoms with van der Waals surface area (Å²) in [6.45, 7) is 4.08. The average molecular weight is 249 g/mol. The zero-order valence-electron chi connectivity index (χ0n) is 11.0. The van der Waals surface area contributed by atoms with E-state index in [1.54, 1.807) is 6.20 Å². The largest absolute Gasteiger partial charge is 0.399 e. The van der Waals surface area contributed by atoms with Crippen LogP contribution in [0.25, 0.3) is 22.0 Å². The van der Waals surface area contributed by atoms with E-state index in [1.165, 1.54) is 11.1 Å². The van der Waals surface area contributed by atoms with Gasteiger partial charge in [0, 0.05) is 11.1 Å². The van der Waals surface area contributed by atoms with Crippen molar-refractivity contribution in [3.8, 4) is 11.1 Å². The Kier molecular flexibility index (Phi) is 2.67. The van der Waals surface area contributed by atoms with E-state index in [0.29, 0.717) is 0 Å². The molecule has 0 spiro atoms. The first-order valence-corrected chi connectivity index (χ1v) is 6.24. The lowest BCUT2D eigenvalue weighted by Gasteiger charge is -2.07. The predicted molar refractivity (Wildman–Crippen MR) is 78.9 cm³/mol. The summed E-state index contributed by atoms with van der Waals surface area (Å²) in [5.74, 6) is 0. The summed E-state index contributed by atoms with van der Waals surface area (Å²) in [6.07, 6.45) is 1.79. The van der Waals surface area contributed by atoms with Crippen LogP contribution in [-0.4, -0.2) is 10.2 Å². The highest BCUT2D eigenvalue weighted by Gasteiger charge is 2.04. The molecule has 19 heavy (non-hydrogen) atoms. The summed E-state index contributed by atoms with van der Waals surface area (Å²) in [6, 6.07) is 12.3. The fourth-order valence-electron chi connectivity index (χ4n) is 2.22. The first-order valence-electron chi connectivity index (χ1n) is 6.24. The molecule has 1 aromatic heterocycles. The van der Waals surface area contributed by atoms with E-state index in [-0.39, 0.29) is 0 Å². The molecule has 0 amide bonds. The lowest BCUT2D eigenvalue weighted by molar-refractivity contribution is 1.06. The topological polar surface area (TPSA) is 51.8 Å². The fraction of sp³-hybridized carbons (Fsp3) is 0.125. The fourth-order valence-corrected chi connectivity index (χ4v) is 2.22. The second kappa shape index (κ2) is 4.35. The molecule has 3 nitrogen and oxygen atoms in total. The van der Waals surface area contributed by atoms with Crippen LogP contribution >= 0.6 is 0 Å². The van der Waals surface area contributed by atoms with Gasteiger partial charge in [0.25, 0.3) is 0 Å². The summed E-state index contributed by atoms with van der Waals surface area (Å²) in [5.41, 5.74) is 12.2. The highest BCUT2D eigenvalue weighted by atomic mass is 15.1. The standard InChI is InChI=1S/C16H15N3/c1-10-7-12(3-5-15(10)17)13-4-6-16-14(8-13)11(2)9-18-19-16/h3-9H,17H2,1-2H3. The molecule has 2 aromatic carbocycles. The van der Waals surface area contributed by atoms with Crippen LogP contribution in [0.5, 0.6) is 0 Å². The van der Waals surface area contributed by atoms with Gasteiger partial charge in [-0.05, 0) is 60.4 Å². The molecular weight excluding hydrogens is 234 g/mol. The van der Waals surface area contributed by atoms with Crippen LogP contribution in [0.4, 0.5) is 5.69 Å². The van der Waals surface area contributed by atoms with E-state index in [2.05, 4.69) is 35.3 Å². The zero-order chi connectivity index (χ0) is 13.4. The van der Waals surface area contributed by atoms with Crippen molar-refractivity contribution in [3.05, 3.63) is 53.7 Å². The molecule has 0 saturated carbocycles. The first kappa shape index (κ1) is 11.7. The summed E-state index contributed by atoms with van der Waals surface area (Å²) in [4.78, 5) is 0. The van der Waals surface area contributed by atoms with Gasteiger partial charge < -0.3 is 5.73 Å². The minimum Gasteiger partial charge on any atom is -0.399 e. The highest BCUT2D eigenvalue weighted by molar-refractivity contribution is 5.86. The smallest absolute Gasteiger partial charge is 0.0932 e. The molecule has 3 aromatic rings. The summed E-state index contributed by atoms with van der Waals surface area (Å²) < 4.78 is 0. The van der Waals surface area contributed by atoms with Gasteiger partial charge in [0.05, 0.1) is 11.7 Å². The Labute approximate surface area is 112 Å². The molecule has 0 atom stereocenters. The average Bonchev–Trinajstić information content (AvgIpc) is 2.42. The number of anilines is 1. The highest BCUT2D eigenvalue weighted by Crippen LogP contribution is 2.27. The van der Waals surface area contributed by atoms with E-state index in [1.807, 2.05) is 25.1 Å². The summed E-state index contributed by atoms with van der Waals surface area (Å²) >= 11 is 0. The Morgan fingerprint density at radius 1 is 0.895 bits per heavy atom. The van der Waals surface area contributed by atoms with Crippen LogP contribution in [0.3, 0.4) is 0 Å². The van der Waals surface area contributed by atoms with Crippen LogP contribution in [0.15, 0.2) is 42.6 Å². The first-order chi connectivity index (χ1) is 9.15. The van der Waals surface area contributed by atoms with Crippen molar-refractivity contribution in [2.75, 3.05) is 5.73 Å². The van der Waals surface area contributed by atoms with E-state index in [4.69, 9.17) is 5.73 Å². The molecule has 3 heteroatoms. The van der Waals surface area contributed by atoms with Crippen molar-refractivity contribution >= 4 is 16.6 Å². The molecular formula is C16H15N3. The molecule has 0 aliphatic rings. The molecule has 2 N–H and O–H groups in total. The molecule has 3 rings (SSSR count). The van der Waals surface area contributed by atoms with Gasteiger partial charge in [0.1, 0.15) is 0 Å². The van der Waals surface area contributed by atoms with E-state index >= 15 is 0 Å². The lowest BCUT2D eigenvalue weighted by atomic mass is 10.00. The number of benzene rings is 2. The van der Waals surface area contributed by atoms with Crippen LogP contribution < -0.4 is 5.73 Å². The van der Waals surface area contributed by atoms with Crippen LogP contribution in [-0.2, 0) is 0 Å². The SMILES string of the molecule is Cc1cc(-c2ccc3nncc(C)c3c2)ccc1N. The maximum Gasteiger partial charge on any atom is 0.0932 e. The van der Waals surface area contributed by atoms with Crippen molar-refractivity contribution < 1.29 is 0 Å². The number of hydrogen-bond acceptors (Lipinski definition) is 3. The normalized spacial score (nSPS) is 10.8. The van der Waals surface area contributed by atoms with Crippen LogP contribution in [0.2, 0.25) is 0 Å². The molecule has 0 aliphatic heterocycles. The lowest BCUT2D eigenvalue weighted by Crippen LogP contribution is -1.91. The molecule has 1 heterocycles. The van der Waals surface area contributed by atoms with Gasteiger partial charge in [-0.2, -0.15) is 10.2 Å². The molecule has 0 saturated heterocycles. The number of nitrogen functional groups attached to an aromatic ring is 1. The molecule has 0 fully saturated rings. The van der Waals surface area contributed by atoms with E-state index in [9.17, 15) is 0 Å². The van der Waals surface area contributed by atoms with Gasteiger partial charge in [-0.1, -0.05) is 12.1 Å². The third-order valence-electron chi connectivity index (χ3n) is 3.44. The number of rotatable bonds is 1. The number of aryl methyl sites for hydroxylation is 2. The zero-order valence-corrected chi connectivity index (χ0v) is 11.0. The third-order valence-corrected chi connectivity index (χ3v) is 3.44. The van der Waals surface area contributed by atoms with Gasteiger partial charge in [0.15, 0.2) is 0 Å². The quantitative estimate of drug-likeness (QED) is 0.671. The minimum absolute atomic E-state index is 0.826. The molecule has 0 aliphatic carbocycles. The van der Waals surface area contributed by atoms with Crippen molar-refractivity contribution in [1.82, 2.24) is 10.2 Å². The number of nitrogens with zero attached hydrogens (tertiary/aromatic N) is 2. The maximum absolute atomic E-state index is 5.86. The Bertz CT molecular complexity index is 763. The van der Waals surface area contributed by atoms with Gasteiger partial charge in [0.2, 0.25) is 0 Å².